The van der Waals surface area contributed by atoms with Crippen molar-refractivity contribution in [1.82, 2.24) is 4.90 Å². The minimum atomic E-state index is -0.0196. The summed E-state index contributed by atoms with van der Waals surface area (Å²) in [5, 5.41) is 0. The van der Waals surface area contributed by atoms with Gasteiger partial charge in [-0.3, -0.25) is 4.79 Å². The van der Waals surface area contributed by atoms with Crippen LogP contribution in [0.1, 0.15) is 6.42 Å². The van der Waals surface area contributed by atoms with Crippen molar-refractivity contribution in [2.45, 2.75) is 18.6 Å². The van der Waals surface area contributed by atoms with Crippen LogP contribution >= 0.6 is 0 Å². The SMILES string of the molecule is C=CC(=O)N1CCOC2CCOCC21. The zero-order valence-corrected chi connectivity index (χ0v) is 8.15. The van der Waals surface area contributed by atoms with Gasteiger partial charge >= 0.3 is 0 Å². The highest BCUT2D eigenvalue weighted by Crippen LogP contribution is 2.21. The Morgan fingerprint density at radius 3 is 3.14 bits per heavy atom. The summed E-state index contributed by atoms with van der Waals surface area (Å²) in [6.45, 7) is 6.10. The lowest BCUT2D eigenvalue weighted by atomic mass is 10.0. The van der Waals surface area contributed by atoms with E-state index in [1.807, 2.05) is 0 Å². The van der Waals surface area contributed by atoms with E-state index in [1.54, 1.807) is 4.90 Å². The molecule has 0 radical (unpaired) electrons. The van der Waals surface area contributed by atoms with E-state index >= 15 is 0 Å². The molecule has 2 fully saturated rings. The number of rotatable bonds is 1. The third kappa shape index (κ3) is 1.67. The number of morpholine rings is 1. The van der Waals surface area contributed by atoms with Crippen LogP contribution in [0.5, 0.6) is 0 Å². The van der Waals surface area contributed by atoms with Crippen molar-refractivity contribution in [2.75, 3.05) is 26.4 Å². The molecule has 0 spiro atoms. The highest BCUT2D eigenvalue weighted by atomic mass is 16.5. The van der Waals surface area contributed by atoms with Crippen LogP contribution in [0.15, 0.2) is 12.7 Å². The first-order valence-corrected chi connectivity index (χ1v) is 4.95. The van der Waals surface area contributed by atoms with Crippen molar-refractivity contribution < 1.29 is 14.3 Å². The van der Waals surface area contributed by atoms with Gasteiger partial charge in [-0.05, 0) is 12.5 Å². The lowest BCUT2D eigenvalue weighted by molar-refractivity contribution is -0.156. The molecule has 2 aliphatic rings. The smallest absolute Gasteiger partial charge is 0.246 e. The van der Waals surface area contributed by atoms with Crippen LogP contribution in [-0.4, -0.2) is 49.3 Å². The van der Waals surface area contributed by atoms with E-state index in [0.717, 1.165) is 13.0 Å². The largest absolute Gasteiger partial charge is 0.379 e. The van der Waals surface area contributed by atoms with Crippen LogP contribution in [0.25, 0.3) is 0 Å². The van der Waals surface area contributed by atoms with Crippen molar-refractivity contribution in [3.8, 4) is 0 Å². The van der Waals surface area contributed by atoms with Gasteiger partial charge in [-0.25, -0.2) is 0 Å². The number of amides is 1. The maximum Gasteiger partial charge on any atom is 0.246 e. The summed E-state index contributed by atoms with van der Waals surface area (Å²) in [5.74, 6) is -0.0196. The Labute approximate surface area is 83.5 Å². The predicted octanol–water partition coefficient (Wildman–Crippen LogP) is 0.189. The van der Waals surface area contributed by atoms with Gasteiger partial charge in [0, 0.05) is 13.2 Å². The van der Waals surface area contributed by atoms with Crippen LogP contribution in [0.4, 0.5) is 0 Å². The van der Waals surface area contributed by atoms with Gasteiger partial charge in [0.2, 0.25) is 5.91 Å². The van der Waals surface area contributed by atoms with Gasteiger partial charge in [0.1, 0.15) is 0 Å². The molecule has 2 unspecified atom stereocenters. The molecule has 0 bridgehead atoms. The van der Waals surface area contributed by atoms with Gasteiger partial charge in [-0.15, -0.1) is 0 Å². The second kappa shape index (κ2) is 4.11. The Hall–Kier alpha value is -0.870. The van der Waals surface area contributed by atoms with Gasteiger partial charge in [-0.2, -0.15) is 0 Å². The van der Waals surface area contributed by atoms with Crippen molar-refractivity contribution in [1.29, 1.82) is 0 Å². The fourth-order valence-corrected chi connectivity index (χ4v) is 2.05. The van der Waals surface area contributed by atoms with Crippen LogP contribution in [0, 0.1) is 0 Å². The first-order valence-electron chi connectivity index (χ1n) is 4.95. The van der Waals surface area contributed by atoms with Crippen molar-refractivity contribution in [3.05, 3.63) is 12.7 Å². The third-order valence-electron chi connectivity index (χ3n) is 2.79. The maximum atomic E-state index is 11.5. The van der Waals surface area contributed by atoms with Gasteiger partial charge in [0.25, 0.3) is 0 Å². The molecule has 2 rings (SSSR count). The number of ether oxygens (including phenoxy) is 2. The molecular formula is C10H15NO3. The average Bonchev–Trinajstić information content (AvgIpc) is 2.27. The number of fused-ring (bicyclic) bond motifs is 1. The molecule has 4 heteroatoms. The Morgan fingerprint density at radius 1 is 1.50 bits per heavy atom. The van der Waals surface area contributed by atoms with E-state index in [1.165, 1.54) is 6.08 Å². The van der Waals surface area contributed by atoms with Crippen LogP contribution in [-0.2, 0) is 14.3 Å². The van der Waals surface area contributed by atoms with E-state index < -0.39 is 0 Å². The van der Waals surface area contributed by atoms with Crippen LogP contribution in [0.2, 0.25) is 0 Å². The molecule has 0 saturated carbocycles. The summed E-state index contributed by atoms with van der Waals surface area (Å²) in [6, 6.07) is 0.0861. The molecule has 78 valence electrons. The molecule has 0 aromatic rings. The second-order valence-corrected chi connectivity index (χ2v) is 3.58. The molecule has 0 aromatic heterocycles. The van der Waals surface area contributed by atoms with Crippen LogP contribution in [0.3, 0.4) is 0 Å². The minimum absolute atomic E-state index is 0.0196. The molecule has 0 aromatic carbocycles. The third-order valence-corrected chi connectivity index (χ3v) is 2.79. The number of carbonyl (C=O) groups excluding carboxylic acids is 1. The molecule has 0 N–H and O–H groups in total. The van der Waals surface area contributed by atoms with E-state index in [2.05, 4.69) is 6.58 Å². The lowest BCUT2D eigenvalue weighted by Crippen LogP contribution is -2.57. The number of nitrogens with zero attached hydrogens (tertiary/aromatic N) is 1. The summed E-state index contributed by atoms with van der Waals surface area (Å²) < 4.78 is 11.0. The molecule has 2 heterocycles. The number of carbonyl (C=O) groups is 1. The van der Waals surface area contributed by atoms with Gasteiger partial charge < -0.3 is 14.4 Å². The summed E-state index contributed by atoms with van der Waals surface area (Å²) >= 11 is 0. The highest BCUT2D eigenvalue weighted by molar-refractivity contribution is 5.87. The molecule has 14 heavy (non-hydrogen) atoms. The Balaban J connectivity index is 2.08. The Morgan fingerprint density at radius 2 is 2.36 bits per heavy atom. The van der Waals surface area contributed by atoms with E-state index in [4.69, 9.17) is 9.47 Å². The first-order chi connectivity index (χ1) is 6.83. The second-order valence-electron chi connectivity index (χ2n) is 3.58. The Kier molecular flexibility index (Phi) is 2.84. The summed E-state index contributed by atoms with van der Waals surface area (Å²) in [7, 11) is 0. The van der Waals surface area contributed by atoms with Gasteiger partial charge in [0.15, 0.2) is 0 Å². The van der Waals surface area contributed by atoms with E-state index in [9.17, 15) is 4.79 Å². The van der Waals surface area contributed by atoms with Gasteiger partial charge in [0.05, 0.1) is 25.4 Å². The standard InChI is InChI=1S/C10H15NO3/c1-2-10(12)11-4-6-14-9-3-5-13-7-8(9)11/h2,8-9H,1,3-7H2. The topological polar surface area (TPSA) is 38.8 Å². The molecule has 1 amide bonds. The molecule has 0 aliphatic carbocycles. The molecule has 2 atom stereocenters. The average molecular weight is 197 g/mol. The molecule has 4 nitrogen and oxygen atoms in total. The minimum Gasteiger partial charge on any atom is -0.379 e. The zero-order chi connectivity index (χ0) is 9.97. The predicted molar refractivity (Wildman–Crippen MR) is 50.9 cm³/mol. The first kappa shape index (κ1) is 9.68. The summed E-state index contributed by atoms with van der Waals surface area (Å²) in [4.78, 5) is 13.3. The molecule has 2 saturated heterocycles. The molecular weight excluding hydrogens is 182 g/mol. The normalized spacial score (nSPS) is 32.1. The van der Waals surface area contributed by atoms with Crippen molar-refractivity contribution in [3.63, 3.8) is 0 Å². The van der Waals surface area contributed by atoms with E-state index in [0.29, 0.717) is 19.8 Å². The highest BCUT2D eigenvalue weighted by Gasteiger charge is 2.36. The fourth-order valence-electron chi connectivity index (χ4n) is 2.05. The van der Waals surface area contributed by atoms with Crippen molar-refractivity contribution >= 4 is 5.91 Å². The summed E-state index contributed by atoms with van der Waals surface area (Å²) in [6.07, 6.45) is 2.39. The fraction of sp³-hybridized carbons (Fsp3) is 0.700. The number of hydrogen-bond donors (Lipinski definition) is 0. The van der Waals surface area contributed by atoms with E-state index in [-0.39, 0.29) is 18.1 Å². The van der Waals surface area contributed by atoms with Crippen molar-refractivity contribution in [2.24, 2.45) is 0 Å². The lowest BCUT2D eigenvalue weighted by Gasteiger charge is -2.43. The monoisotopic (exact) mass is 197 g/mol. The summed E-state index contributed by atoms with van der Waals surface area (Å²) in [5.41, 5.74) is 0. The van der Waals surface area contributed by atoms with Crippen LogP contribution < -0.4 is 0 Å². The Bertz CT molecular complexity index is 240. The van der Waals surface area contributed by atoms with Gasteiger partial charge in [-0.1, -0.05) is 6.58 Å². The maximum absolute atomic E-state index is 11.5. The zero-order valence-electron chi connectivity index (χ0n) is 8.15. The quantitative estimate of drug-likeness (QED) is 0.563. The number of hydrogen-bond acceptors (Lipinski definition) is 3. The molecule has 2 aliphatic heterocycles.